The van der Waals surface area contributed by atoms with E-state index >= 15 is 0 Å². The molecule has 3 nitrogen and oxygen atoms in total. The molecular formula is C17H15NO2S. The molecular weight excluding hydrogens is 282 g/mol. The zero-order valence-electron chi connectivity index (χ0n) is 11.9. The van der Waals surface area contributed by atoms with E-state index in [2.05, 4.69) is 4.98 Å². The third kappa shape index (κ3) is 2.43. The Morgan fingerprint density at radius 2 is 1.52 bits per heavy atom. The lowest BCUT2D eigenvalue weighted by atomic mass is 10.00. The van der Waals surface area contributed by atoms with Gasteiger partial charge in [-0.15, -0.1) is 0 Å². The van der Waals surface area contributed by atoms with Gasteiger partial charge >= 0.3 is 0 Å². The van der Waals surface area contributed by atoms with Gasteiger partial charge in [-0.3, -0.25) is 4.98 Å². The molecule has 0 aliphatic rings. The van der Waals surface area contributed by atoms with E-state index in [0.29, 0.717) is 10.6 Å². The Balaban J connectivity index is 2.55. The topological polar surface area (TPSA) is 47.0 Å². The molecule has 3 rings (SSSR count). The van der Waals surface area contributed by atoms with E-state index in [1.807, 2.05) is 54.6 Å². The number of rotatable bonds is 2. The molecule has 4 heteroatoms. The standard InChI is InChI=1S/C17H15NO2S/c1-12-17(21(2,19)20)16(13-8-4-3-5-9-13)14-10-6-7-11-15(14)18-12/h3-11H,1-2H3. The molecule has 0 unspecified atom stereocenters. The van der Waals surface area contributed by atoms with Crippen molar-refractivity contribution in [1.29, 1.82) is 0 Å². The van der Waals surface area contributed by atoms with E-state index in [1.165, 1.54) is 6.26 Å². The maximum absolute atomic E-state index is 12.3. The highest BCUT2D eigenvalue weighted by Crippen LogP contribution is 2.35. The number of fused-ring (bicyclic) bond motifs is 1. The lowest BCUT2D eigenvalue weighted by molar-refractivity contribution is 0.601. The zero-order chi connectivity index (χ0) is 15.0. The van der Waals surface area contributed by atoms with E-state index in [1.54, 1.807) is 6.92 Å². The lowest BCUT2D eigenvalue weighted by Gasteiger charge is -2.14. The van der Waals surface area contributed by atoms with Gasteiger partial charge in [0, 0.05) is 17.2 Å². The number of benzene rings is 2. The minimum Gasteiger partial charge on any atom is -0.252 e. The molecule has 0 atom stereocenters. The summed E-state index contributed by atoms with van der Waals surface area (Å²) < 4.78 is 24.5. The normalized spacial score (nSPS) is 11.7. The summed E-state index contributed by atoms with van der Waals surface area (Å²) in [4.78, 5) is 4.76. The zero-order valence-corrected chi connectivity index (χ0v) is 12.7. The Bertz CT molecular complexity index is 916. The monoisotopic (exact) mass is 297 g/mol. The van der Waals surface area contributed by atoms with Crippen LogP contribution in [0.1, 0.15) is 5.69 Å². The van der Waals surface area contributed by atoms with Gasteiger partial charge in [-0.1, -0.05) is 48.5 Å². The van der Waals surface area contributed by atoms with Gasteiger partial charge in [-0.2, -0.15) is 0 Å². The van der Waals surface area contributed by atoms with Crippen molar-refractivity contribution in [3.05, 3.63) is 60.3 Å². The second-order valence-electron chi connectivity index (χ2n) is 5.06. The van der Waals surface area contributed by atoms with E-state index in [9.17, 15) is 8.42 Å². The molecule has 0 radical (unpaired) electrons. The van der Waals surface area contributed by atoms with Crippen molar-refractivity contribution in [2.24, 2.45) is 0 Å². The van der Waals surface area contributed by atoms with Crippen LogP contribution in [0.5, 0.6) is 0 Å². The molecule has 0 aliphatic heterocycles. The number of pyridine rings is 1. The third-order valence-corrected chi connectivity index (χ3v) is 4.69. The van der Waals surface area contributed by atoms with Crippen molar-refractivity contribution in [1.82, 2.24) is 4.98 Å². The molecule has 0 N–H and O–H groups in total. The minimum atomic E-state index is -3.37. The number of aromatic nitrogens is 1. The molecule has 1 aromatic heterocycles. The van der Waals surface area contributed by atoms with Crippen molar-refractivity contribution in [2.45, 2.75) is 11.8 Å². The summed E-state index contributed by atoms with van der Waals surface area (Å²) >= 11 is 0. The van der Waals surface area contributed by atoms with Gasteiger partial charge in [-0.25, -0.2) is 8.42 Å². The molecule has 0 bridgehead atoms. The van der Waals surface area contributed by atoms with Crippen LogP contribution in [0.3, 0.4) is 0 Å². The first-order valence-electron chi connectivity index (χ1n) is 6.63. The van der Waals surface area contributed by atoms with Crippen LogP contribution >= 0.6 is 0 Å². The van der Waals surface area contributed by atoms with Crippen LogP contribution in [0, 0.1) is 6.92 Å². The van der Waals surface area contributed by atoms with Crippen LogP contribution in [-0.4, -0.2) is 19.7 Å². The number of para-hydroxylation sites is 1. The van der Waals surface area contributed by atoms with E-state index in [-0.39, 0.29) is 0 Å². The van der Waals surface area contributed by atoms with Crippen LogP contribution in [0.25, 0.3) is 22.0 Å². The fourth-order valence-electron chi connectivity index (χ4n) is 2.66. The Morgan fingerprint density at radius 1 is 0.905 bits per heavy atom. The Hall–Kier alpha value is -2.20. The minimum absolute atomic E-state index is 0.312. The second kappa shape index (κ2) is 4.97. The molecule has 0 saturated carbocycles. The van der Waals surface area contributed by atoms with Gasteiger partial charge in [0.1, 0.15) is 0 Å². The number of hydrogen-bond acceptors (Lipinski definition) is 3. The third-order valence-electron chi connectivity index (χ3n) is 3.45. The first-order chi connectivity index (χ1) is 9.98. The molecule has 0 amide bonds. The Labute approximate surface area is 124 Å². The molecule has 0 aliphatic carbocycles. The maximum atomic E-state index is 12.3. The van der Waals surface area contributed by atoms with E-state index < -0.39 is 9.84 Å². The molecule has 106 valence electrons. The average Bonchev–Trinajstić information content (AvgIpc) is 2.45. The Morgan fingerprint density at radius 3 is 2.19 bits per heavy atom. The van der Waals surface area contributed by atoms with Gasteiger partial charge in [0.25, 0.3) is 0 Å². The first-order valence-corrected chi connectivity index (χ1v) is 8.52. The second-order valence-corrected chi connectivity index (χ2v) is 7.01. The average molecular weight is 297 g/mol. The van der Waals surface area contributed by atoms with Crippen LogP contribution in [0.15, 0.2) is 59.5 Å². The summed E-state index contributed by atoms with van der Waals surface area (Å²) in [6.45, 7) is 1.75. The predicted octanol–water partition coefficient (Wildman–Crippen LogP) is 3.61. The molecule has 0 spiro atoms. The van der Waals surface area contributed by atoms with Crippen LogP contribution in [0.4, 0.5) is 0 Å². The molecule has 21 heavy (non-hydrogen) atoms. The fraction of sp³-hybridized carbons (Fsp3) is 0.118. The summed E-state index contributed by atoms with van der Waals surface area (Å²) in [5.41, 5.74) is 2.97. The van der Waals surface area contributed by atoms with E-state index in [0.717, 1.165) is 22.0 Å². The summed E-state index contributed by atoms with van der Waals surface area (Å²) in [7, 11) is -3.37. The summed E-state index contributed by atoms with van der Waals surface area (Å²) in [5, 5.41) is 0.856. The predicted molar refractivity (Wildman–Crippen MR) is 85.0 cm³/mol. The maximum Gasteiger partial charge on any atom is 0.177 e. The quantitative estimate of drug-likeness (QED) is 0.726. The molecule has 0 saturated heterocycles. The molecule has 2 aromatic carbocycles. The van der Waals surface area contributed by atoms with Crippen LogP contribution in [-0.2, 0) is 9.84 Å². The van der Waals surface area contributed by atoms with Crippen LogP contribution in [0.2, 0.25) is 0 Å². The largest absolute Gasteiger partial charge is 0.252 e. The number of hydrogen-bond donors (Lipinski definition) is 0. The molecule has 3 aromatic rings. The van der Waals surface area contributed by atoms with Crippen LogP contribution < -0.4 is 0 Å². The summed E-state index contributed by atoms with van der Waals surface area (Å²) in [5.74, 6) is 0. The smallest absolute Gasteiger partial charge is 0.177 e. The van der Waals surface area contributed by atoms with Gasteiger partial charge in [0.2, 0.25) is 0 Å². The van der Waals surface area contributed by atoms with Gasteiger partial charge < -0.3 is 0 Å². The van der Waals surface area contributed by atoms with Gasteiger partial charge in [0.05, 0.1) is 16.1 Å². The van der Waals surface area contributed by atoms with Crippen molar-refractivity contribution < 1.29 is 8.42 Å². The number of nitrogens with zero attached hydrogens (tertiary/aromatic N) is 1. The molecule has 0 fully saturated rings. The highest BCUT2D eigenvalue weighted by molar-refractivity contribution is 7.91. The van der Waals surface area contributed by atoms with Crippen molar-refractivity contribution >= 4 is 20.7 Å². The lowest BCUT2D eigenvalue weighted by Crippen LogP contribution is -2.05. The van der Waals surface area contributed by atoms with E-state index in [4.69, 9.17) is 0 Å². The summed E-state index contributed by atoms with van der Waals surface area (Å²) in [6, 6.07) is 17.2. The fourth-order valence-corrected chi connectivity index (χ4v) is 3.84. The van der Waals surface area contributed by atoms with Gasteiger partial charge in [-0.05, 0) is 18.6 Å². The number of sulfone groups is 1. The Kier molecular flexibility index (Phi) is 3.26. The molecule has 1 heterocycles. The van der Waals surface area contributed by atoms with Crippen molar-refractivity contribution in [3.63, 3.8) is 0 Å². The summed E-state index contributed by atoms with van der Waals surface area (Å²) in [6.07, 6.45) is 1.23. The highest BCUT2D eigenvalue weighted by Gasteiger charge is 2.21. The first kappa shape index (κ1) is 13.8. The van der Waals surface area contributed by atoms with Crippen molar-refractivity contribution in [2.75, 3.05) is 6.26 Å². The SMILES string of the molecule is Cc1nc2ccccc2c(-c2ccccc2)c1S(C)(=O)=O. The van der Waals surface area contributed by atoms with Gasteiger partial charge in [0.15, 0.2) is 9.84 Å². The van der Waals surface area contributed by atoms with Crippen molar-refractivity contribution in [3.8, 4) is 11.1 Å². The number of aryl methyl sites for hydroxylation is 1. The highest BCUT2D eigenvalue weighted by atomic mass is 32.2.